The van der Waals surface area contributed by atoms with Crippen molar-refractivity contribution in [2.45, 2.75) is 75.2 Å². The number of rotatable bonds is 3. The van der Waals surface area contributed by atoms with Crippen LogP contribution in [0.1, 0.15) is 78.9 Å². The van der Waals surface area contributed by atoms with E-state index >= 15 is 8.63 Å². The van der Waals surface area contributed by atoms with Crippen LogP contribution in [0.3, 0.4) is 0 Å². The monoisotopic (exact) mass is 422 g/mol. The van der Waals surface area contributed by atoms with E-state index in [1.807, 2.05) is 27.7 Å². The molecule has 31 heavy (non-hydrogen) atoms. The highest BCUT2D eigenvalue weighted by Gasteiger charge is 2.56. The van der Waals surface area contributed by atoms with Crippen molar-refractivity contribution in [3.63, 3.8) is 0 Å². The molecule has 3 heterocycles. The molecular formula is C26H33BF2N2. The fourth-order valence-electron chi connectivity index (χ4n) is 6.29. The van der Waals surface area contributed by atoms with Crippen LogP contribution in [0.15, 0.2) is 29.0 Å². The number of benzene rings is 1. The maximum absolute atomic E-state index is 16.3. The van der Waals surface area contributed by atoms with Crippen molar-refractivity contribution in [2.24, 2.45) is 0 Å². The van der Waals surface area contributed by atoms with Crippen molar-refractivity contribution in [2.75, 3.05) is 0 Å². The Labute approximate surface area is 185 Å². The van der Waals surface area contributed by atoms with Crippen LogP contribution in [-0.2, 0) is 6.42 Å². The van der Waals surface area contributed by atoms with Crippen LogP contribution in [0, 0.1) is 34.6 Å². The lowest BCUT2D eigenvalue weighted by atomic mass is 9.81. The highest BCUT2D eigenvalue weighted by atomic mass is 19.2. The molecule has 5 heteroatoms. The van der Waals surface area contributed by atoms with Crippen molar-refractivity contribution in [1.82, 2.24) is 4.48 Å². The molecule has 164 valence electrons. The number of fused-ring (bicyclic) bond motifs is 2. The van der Waals surface area contributed by atoms with Gasteiger partial charge in [-0.15, -0.1) is 0 Å². The Morgan fingerprint density at radius 2 is 1.48 bits per heavy atom. The number of nitrogens with zero attached hydrogens (tertiary/aromatic N) is 2. The van der Waals surface area contributed by atoms with E-state index < -0.39 is 6.97 Å². The molecule has 2 aromatic rings. The van der Waals surface area contributed by atoms with Crippen LogP contribution in [0.2, 0.25) is 0 Å². The minimum Gasteiger partial charge on any atom is -0.393 e. The lowest BCUT2D eigenvalue weighted by Crippen LogP contribution is -2.51. The molecule has 1 aromatic carbocycles. The van der Waals surface area contributed by atoms with Gasteiger partial charge in [-0.2, -0.15) is 0 Å². The Morgan fingerprint density at radius 3 is 2.00 bits per heavy atom. The molecule has 0 N–H and O–H groups in total. The molecule has 0 spiro atoms. The number of aromatic nitrogens is 1. The summed E-state index contributed by atoms with van der Waals surface area (Å²) in [5.74, 6) is 0. The van der Waals surface area contributed by atoms with Crippen LogP contribution >= 0.6 is 0 Å². The summed E-state index contributed by atoms with van der Waals surface area (Å²) >= 11 is 0. The van der Waals surface area contributed by atoms with Gasteiger partial charge in [0, 0.05) is 23.8 Å². The van der Waals surface area contributed by atoms with Crippen molar-refractivity contribution in [3.05, 3.63) is 73.7 Å². The summed E-state index contributed by atoms with van der Waals surface area (Å²) in [4.78, 5) is 0. The van der Waals surface area contributed by atoms with Gasteiger partial charge in [-0.25, -0.2) is 0 Å². The van der Waals surface area contributed by atoms with E-state index in [9.17, 15) is 0 Å². The maximum Gasteiger partial charge on any atom is 0.737 e. The van der Waals surface area contributed by atoms with Gasteiger partial charge in [0.1, 0.15) is 5.71 Å². The van der Waals surface area contributed by atoms with Crippen LogP contribution in [0.4, 0.5) is 8.63 Å². The minimum atomic E-state index is -3.97. The molecule has 2 aliphatic rings. The molecule has 0 unspecified atom stereocenters. The SMILES string of the molecule is CCC1=C(C)C2=C(c3c(C)cc(C)cc3C)c3c(C)c(CC)c(C)n3[B-](F)(F)[N+]2=C1C. The van der Waals surface area contributed by atoms with Gasteiger partial charge in [0.2, 0.25) is 0 Å². The molecule has 0 fully saturated rings. The summed E-state index contributed by atoms with van der Waals surface area (Å²) in [6, 6.07) is 4.33. The second-order valence-electron chi connectivity index (χ2n) is 9.26. The zero-order valence-electron chi connectivity index (χ0n) is 20.3. The molecular weight excluding hydrogens is 389 g/mol. The Morgan fingerprint density at radius 1 is 0.903 bits per heavy atom. The molecule has 2 aliphatic heterocycles. The van der Waals surface area contributed by atoms with Gasteiger partial charge >= 0.3 is 6.97 Å². The van der Waals surface area contributed by atoms with E-state index in [4.69, 9.17) is 0 Å². The molecule has 1 aromatic heterocycles. The lowest BCUT2D eigenvalue weighted by Gasteiger charge is -2.34. The predicted octanol–water partition coefficient (Wildman–Crippen LogP) is 6.80. The first-order valence-corrected chi connectivity index (χ1v) is 11.4. The molecule has 0 bridgehead atoms. The van der Waals surface area contributed by atoms with Crippen LogP contribution < -0.4 is 0 Å². The highest BCUT2D eigenvalue weighted by Crippen LogP contribution is 2.48. The zero-order valence-corrected chi connectivity index (χ0v) is 20.3. The Bertz CT molecular complexity index is 1220. The average molecular weight is 422 g/mol. The highest BCUT2D eigenvalue weighted by molar-refractivity contribution is 6.58. The van der Waals surface area contributed by atoms with Crippen molar-refractivity contribution < 1.29 is 13.1 Å². The van der Waals surface area contributed by atoms with Gasteiger partial charge in [0.05, 0.1) is 5.57 Å². The third-order valence-electron chi connectivity index (χ3n) is 7.42. The first-order chi connectivity index (χ1) is 14.5. The van der Waals surface area contributed by atoms with E-state index in [2.05, 4.69) is 46.8 Å². The summed E-state index contributed by atoms with van der Waals surface area (Å²) in [5.41, 5.74) is 12.3. The minimum absolute atomic E-state index is 0.689. The zero-order chi connectivity index (χ0) is 23.0. The van der Waals surface area contributed by atoms with Gasteiger partial charge in [-0.05, 0) is 87.9 Å². The van der Waals surface area contributed by atoms with E-state index in [1.54, 1.807) is 0 Å². The third-order valence-corrected chi connectivity index (χ3v) is 7.42. The fourth-order valence-corrected chi connectivity index (χ4v) is 6.29. The average Bonchev–Trinajstić information content (AvgIpc) is 3.08. The number of allylic oxidation sites excluding steroid dienone is 2. The van der Waals surface area contributed by atoms with Gasteiger partial charge < -0.3 is 17.6 Å². The van der Waals surface area contributed by atoms with Crippen LogP contribution in [0.5, 0.6) is 0 Å². The van der Waals surface area contributed by atoms with Gasteiger partial charge in [-0.1, -0.05) is 31.5 Å². The molecule has 0 radical (unpaired) electrons. The molecule has 0 atom stereocenters. The molecule has 0 saturated carbocycles. The Hall–Kier alpha value is -2.43. The first kappa shape index (κ1) is 21.8. The predicted molar refractivity (Wildman–Crippen MR) is 127 cm³/mol. The first-order valence-electron chi connectivity index (χ1n) is 11.4. The van der Waals surface area contributed by atoms with Crippen LogP contribution in [-0.4, -0.2) is 21.6 Å². The van der Waals surface area contributed by atoms with E-state index in [1.165, 1.54) is 14.5 Å². The molecule has 0 saturated heterocycles. The molecule has 2 nitrogen and oxygen atoms in total. The van der Waals surface area contributed by atoms with Gasteiger partial charge in [0.15, 0.2) is 5.70 Å². The smallest absolute Gasteiger partial charge is 0.393 e. The van der Waals surface area contributed by atoms with E-state index in [0.717, 1.165) is 57.4 Å². The van der Waals surface area contributed by atoms with Crippen molar-refractivity contribution in [1.29, 1.82) is 0 Å². The van der Waals surface area contributed by atoms with Gasteiger partial charge in [-0.3, -0.25) is 0 Å². The number of hydrogen-bond donors (Lipinski definition) is 0. The van der Waals surface area contributed by atoms with Crippen molar-refractivity contribution in [3.8, 4) is 0 Å². The third kappa shape index (κ3) is 2.71. The molecule has 0 amide bonds. The number of aryl methyl sites for hydroxylation is 3. The summed E-state index contributed by atoms with van der Waals surface area (Å²) in [6.45, 7) is 14.2. The van der Waals surface area contributed by atoms with Crippen LogP contribution in [0.25, 0.3) is 5.57 Å². The lowest BCUT2D eigenvalue weighted by molar-refractivity contribution is -0.363. The maximum atomic E-state index is 16.3. The Balaban J connectivity index is 2.29. The normalized spacial score (nSPS) is 17.6. The standard InChI is InChI=1S/C26H33BF2N2/c1-10-21-17(6)25-24(23-15(4)12-14(3)13-16(23)5)26-18(7)22(11-2)20(9)31(26)27(28,29)30(25)19(21)8/h12-13H,10-11H2,1-9H3. The summed E-state index contributed by atoms with van der Waals surface area (Å²) in [7, 11) is 0. The number of hydrogen-bond acceptors (Lipinski definition) is 0. The summed E-state index contributed by atoms with van der Waals surface area (Å²) in [6.07, 6.45) is 1.49. The molecule has 4 rings (SSSR count). The Kier molecular flexibility index (Phi) is 4.95. The quantitative estimate of drug-likeness (QED) is 0.481. The molecule has 0 aliphatic carbocycles. The number of halogens is 2. The second-order valence-corrected chi connectivity index (χ2v) is 9.26. The topological polar surface area (TPSA) is 7.94 Å². The fraction of sp³-hybridized carbons (Fsp3) is 0.423. The van der Waals surface area contributed by atoms with E-state index in [-0.39, 0.29) is 0 Å². The largest absolute Gasteiger partial charge is 0.737 e. The van der Waals surface area contributed by atoms with Gasteiger partial charge in [0.25, 0.3) is 0 Å². The second kappa shape index (κ2) is 7.05. The summed E-state index contributed by atoms with van der Waals surface area (Å²) < 4.78 is 35.3. The summed E-state index contributed by atoms with van der Waals surface area (Å²) in [5, 5.41) is 0. The van der Waals surface area contributed by atoms with Crippen molar-refractivity contribution >= 4 is 18.3 Å². The van der Waals surface area contributed by atoms with E-state index in [0.29, 0.717) is 22.8 Å².